The summed E-state index contributed by atoms with van der Waals surface area (Å²) in [6.45, 7) is -3.18. The second-order valence-electron chi connectivity index (χ2n) is 5.14. The Morgan fingerprint density at radius 3 is 2.48 bits per heavy atom. The van der Waals surface area contributed by atoms with E-state index in [1.807, 2.05) is 18.2 Å². The summed E-state index contributed by atoms with van der Waals surface area (Å²) in [6, 6.07) is 11.7. The summed E-state index contributed by atoms with van der Waals surface area (Å²) in [4.78, 5) is 15.4. The molecule has 0 fully saturated rings. The van der Waals surface area contributed by atoms with Crippen LogP contribution < -0.4 is 4.74 Å². The number of hydrogen-bond acceptors (Lipinski definition) is 5. The minimum absolute atomic E-state index is 0.0133. The molecule has 0 saturated carbocycles. The topological polar surface area (TPSA) is 88.1 Å². The van der Waals surface area contributed by atoms with Gasteiger partial charge in [-0.3, -0.25) is 14.9 Å². The smallest absolute Gasteiger partial charge is 0.387 e. The molecule has 0 radical (unpaired) electrons. The lowest BCUT2D eigenvalue weighted by Gasteiger charge is -2.06. The van der Waals surface area contributed by atoms with Crippen LogP contribution in [0.1, 0.15) is 16.9 Å². The molecule has 0 unspecified atom stereocenters. The quantitative estimate of drug-likeness (QED) is 0.564. The van der Waals surface area contributed by atoms with Gasteiger partial charge in [-0.15, -0.1) is 0 Å². The maximum atomic E-state index is 12.3. The fourth-order valence-electron chi connectivity index (χ4n) is 2.04. The number of carbonyl (C=O) groups excluding carboxylic acids is 1. The number of benzene rings is 1. The second kappa shape index (κ2) is 10.5. The maximum absolute atomic E-state index is 12.3. The van der Waals surface area contributed by atoms with E-state index in [1.165, 1.54) is 18.2 Å². The average molecular weight is 440 g/mol. The number of aliphatic hydroxyl groups excluding tert-OH is 1. The Labute approximate surface area is 162 Å². The lowest BCUT2D eigenvalue weighted by atomic mass is 10.1. The number of Topliss-reactive ketones (excluding diaryl/α,β-unsaturated/α-hetero) is 1. The number of alkyl halides is 2. The molecular formula is C18H16BrF2N3O3. The Morgan fingerprint density at radius 1 is 1.19 bits per heavy atom. The van der Waals surface area contributed by atoms with Crippen molar-refractivity contribution in [3.05, 3.63) is 65.0 Å². The largest absolute Gasteiger partial charge is 0.435 e. The van der Waals surface area contributed by atoms with E-state index in [1.54, 1.807) is 18.5 Å². The first-order valence-electron chi connectivity index (χ1n) is 7.80. The molecule has 142 valence electrons. The first-order valence-corrected chi connectivity index (χ1v) is 8.59. The molecule has 1 aromatic carbocycles. The third-order valence-electron chi connectivity index (χ3n) is 3.18. The summed E-state index contributed by atoms with van der Waals surface area (Å²) in [5, 5.41) is 15.2. The van der Waals surface area contributed by atoms with Crippen LogP contribution in [0.25, 0.3) is 11.3 Å². The number of carbonyl (C=O) groups is 1. The van der Waals surface area contributed by atoms with Gasteiger partial charge in [0.25, 0.3) is 0 Å². The van der Waals surface area contributed by atoms with Crippen molar-refractivity contribution in [1.29, 1.82) is 0 Å². The molecule has 0 aliphatic heterocycles. The van der Waals surface area contributed by atoms with E-state index in [9.17, 15) is 13.6 Å². The molecule has 0 bridgehead atoms. The number of rotatable bonds is 6. The Kier molecular flexibility index (Phi) is 8.02. The van der Waals surface area contributed by atoms with Crippen LogP contribution in [0.15, 0.2) is 59.3 Å². The molecular weight excluding hydrogens is 424 g/mol. The van der Waals surface area contributed by atoms with E-state index in [-0.39, 0.29) is 30.3 Å². The van der Waals surface area contributed by atoms with Gasteiger partial charge in [0, 0.05) is 28.9 Å². The zero-order valence-electron chi connectivity index (χ0n) is 14.0. The molecule has 0 atom stereocenters. The van der Waals surface area contributed by atoms with Gasteiger partial charge >= 0.3 is 6.61 Å². The summed E-state index contributed by atoms with van der Waals surface area (Å²) >= 11 is 3.20. The summed E-state index contributed by atoms with van der Waals surface area (Å²) in [5.41, 5.74) is 1.17. The van der Waals surface area contributed by atoms with Crippen LogP contribution in [0.5, 0.6) is 5.75 Å². The van der Waals surface area contributed by atoms with E-state index >= 15 is 0 Å². The summed E-state index contributed by atoms with van der Waals surface area (Å²) in [5.74, 6) is -0.295. The number of aromatic nitrogens is 3. The fraction of sp³-hybridized carbons (Fsp3) is 0.167. The minimum Gasteiger partial charge on any atom is -0.435 e. The van der Waals surface area contributed by atoms with E-state index in [4.69, 9.17) is 5.11 Å². The molecule has 0 aliphatic rings. The standard InChI is InChI=1S/C13H11BrF2N2O3.C5H5N/c14-8-3-7(4-9(5-8)21-13(15)16)10-6-11(18-17-10)12(20)1-2-19;1-2-4-6-5-3-1/h3-6,13,19H,1-2H2,(H,17,18);1-5H. The highest BCUT2D eigenvalue weighted by molar-refractivity contribution is 9.10. The van der Waals surface area contributed by atoms with Crippen molar-refractivity contribution in [3.8, 4) is 17.0 Å². The Bertz CT molecular complexity index is 833. The van der Waals surface area contributed by atoms with Gasteiger partial charge in [0.05, 0.1) is 12.3 Å². The zero-order chi connectivity index (χ0) is 19.6. The SMILES string of the molecule is O=C(CCO)c1cc(-c2cc(Br)cc(OC(F)F)c2)n[nH]1.c1ccncc1. The van der Waals surface area contributed by atoms with Gasteiger partial charge in [-0.05, 0) is 36.4 Å². The van der Waals surface area contributed by atoms with Crippen molar-refractivity contribution in [2.24, 2.45) is 0 Å². The molecule has 0 saturated heterocycles. The molecule has 0 amide bonds. The molecule has 6 nitrogen and oxygen atoms in total. The number of aliphatic hydroxyl groups is 1. The number of hydrogen-bond donors (Lipinski definition) is 2. The summed E-state index contributed by atoms with van der Waals surface area (Å²) in [7, 11) is 0. The van der Waals surface area contributed by atoms with Crippen LogP contribution in [-0.4, -0.2) is 39.3 Å². The number of nitrogens with zero attached hydrogens (tertiary/aromatic N) is 2. The van der Waals surface area contributed by atoms with Crippen molar-refractivity contribution in [2.45, 2.75) is 13.0 Å². The lowest BCUT2D eigenvalue weighted by molar-refractivity contribution is -0.0498. The number of pyridine rings is 1. The van der Waals surface area contributed by atoms with Crippen molar-refractivity contribution in [3.63, 3.8) is 0 Å². The normalized spacial score (nSPS) is 10.3. The molecule has 2 heterocycles. The molecule has 3 rings (SSSR count). The number of nitrogens with one attached hydrogen (secondary N) is 1. The fourth-order valence-corrected chi connectivity index (χ4v) is 2.52. The first kappa shape index (κ1) is 20.7. The van der Waals surface area contributed by atoms with Crippen molar-refractivity contribution in [2.75, 3.05) is 6.61 Å². The van der Waals surface area contributed by atoms with Crippen molar-refractivity contribution >= 4 is 21.7 Å². The van der Waals surface area contributed by atoms with Crippen LogP contribution in [0.3, 0.4) is 0 Å². The number of ketones is 1. The molecule has 2 aromatic heterocycles. The monoisotopic (exact) mass is 439 g/mol. The van der Waals surface area contributed by atoms with E-state index in [0.29, 0.717) is 15.7 Å². The van der Waals surface area contributed by atoms with Crippen LogP contribution >= 0.6 is 15.9 Å². The number of aromatic amines is 1. The summed E-state index contributed by atoms with van der Waals surface area (Å²) < 4.78 is 29.4. The molecule has 2 N–H and O–H groups in total. The number of ether oxygens (including phenoxy) is 1. The predicted molar refractivity (Wildman–Crippen MR) is 98.6 cm³/mol. The van der Waals surface area contributed by atoms with Gasteiger partial charge in [0.2, 0.25) is 0 Å². The van der Waals surface area contributed by atoms with Gasteiger partial charge in [-0.25, -0.2) is 0 Å². The third kappa shape index (κ3) is 6.87. The molecule has 9 heteroatoms. The van der Waals surface area contributed by atoms with Gasteiger partial charge in [0.15, 0.2) is 5.78 Å². The molecule has 0 spiro atoms. The van der Waals surface area contributed by atoms with E-state index < -0.39 is 6.61 Å². The maximum Gasteiger partial charge on any atom is 0.387 e. The van der Waals surface area contributed by atoms with Gasteiger partial charge in [0.1, 0.15) is 11.4 Å². The minimum atomic E-state index is -2.92. The highest BCUT2D eigenvalue weighted by Crippen LogP contribution is 2.29. The molecule has 0 aliphatic carbocycles. The predicted octanol–water partition coefficient (Wildman–Crippen LogP) is 4.09. The average Bonchev–Trinajstić information content (AvgIpc) is 3.13. The van der Waals surface area contributed by atoms with Crippen LogP contribution in [0.2, 0.25) is 0 Å². The van der Waals surface area contributed by atoms with Crippen molar-refractivity contribution in [1.82, 2.24) is 15.2 Å². The van der Waals surface area contributed by atoms with Crippen LogP contribution in [0.4, 0.5) is 8.78 Å². The van der Waals surface area contributed by atoms with Crippen LogP contribution in [-0.2, 0) is 0 Å². The highest BCUT2D eigenvalue weighted by atomic mass is 79.9. The van der Waals surface area contributed by atoms with Gasteiger partial charge in [-0.2, -0.15) is 13.9 Å². The number of halogens is 3. The number of H-pyrrole nitrogens is 1. The van der Waals surface area contributed by atoms with E-state index in [0.717, 1.165) is 0 Å². The second-order valence-corrected chi connectivity index (χ2v) is 6.06. The van der Waals surface area contributed by atoms with E-state index in [2.05, 4.69) is 35.8 Å². The zero-order valence-corrected chi connectivity index (χ0v) is 15.6. The Hall–Kier alpha value is -2.65. The third-order valence-corrected chi connectivity index (χ3v) is 3.63. The molecule has 3 aromatic rings. The lowest BCUT2D eigenvalue weighted by Crippen LogP contribution is -2.02. The Balaban J connectivity index is 0.000000369. The highest BCUT2D eigenvalue weighted by Gasteiger charge is 2.13. The Morgan fingerprint density at radius 2 is 1.93 bits per heavy atom. The van der Waals surface area contributed by atoms with Gasteiger partial charge < -0.3 is 9.84 Å². The van der Waals surface area contributed by atoms with Gasteiger partial charge in [-0.1, -0.05) is 22.0 Å². The summed E-state index contributed by atoms with van der Waals surface area (Å²) in [6.07, 6.45) is 3.49. The molecule has 27 heavy (non-hydrogen) atoms. The van der Waals surface area contributed by atoms with Crippen LogP contribution in [0, 0.1) is 0 Å². The first-order chi connectivity index (χ1) is 13.0. The van der Waals surface area contributed by atoms with Crippen molar-refractivity contribution < 1.29 is 23.4 Å².